The van der Waals surface area contributed by atoms with E-state index < -0.39 is 17.6 Å². The normalized spacial score (nSPS) is 24.0. The molecule has 2 atom stereocenters. The van der Waals surface area contributed by atoms with Gasteiger partial charge in [-0.05, 0) is 32.1 Å². The van der Waals surface area contributed by atoms with Crippen molar-refractivity contribution in [1.29, 1.82) is 0 Å². The highest BCUT2D eigenvalue weighted by Crippen LogP contribution is 2.28. The molecule has 1 heterocycles. The number of nitrogens with one attached hydrogen (secondary N) is 1. The zero-order valence-electron chi connectivity index (χ0n) is 14.4. The van der Waals surface area contributed by atoms with Gasteiger partial charge in [-0.25, -0.2) is 0 Å². The molecule has 2 amide bonds. The molecule has 0 aliphatic carbocycles. The summed E-state index contributed by atoms with van der Waals surface area (Å²) >= 11 is 0. The first-order valence-corrected chi connectivity index (χ1v) is 7.74. The van der Waals surface area contributed by atoms with Gasteiger partial charge in [0.15, 0.2) is 0 Å². The second-order valence-corrected chi connectivity index (χ2v) is 7.33. The number of amides is 2. The maximum Gasteiger partial charge on any atom is 0.246 e. The highest BCUT2D eigenvalue weighted by molar-refractivity contribution is 5.97. The van der Waals surface area contributed by atoms with Crippen molar-refractivity contribution < 1.29 is 14.3 Å². The van der Waals surface area contributed by atoms with Crippen LogP contribution in [0, 0.1) is 11.8 Å². The van der Waals surface area contributed by atoms with Crippen LogP contribution in [-0.4, -0.2) is 48.1 Å². The Morgan fingerprint density at radius 3 is 2.24 bits per heavy atom. The van der Waals surface area contributed by atoms with Crippen LogP contribution in [-0.2, 0) is 14.3 Å². The summed E-state index contributed by atoms with van der Waals surface area (Å²) in [5.74, 6) is 0.357. The van der Waals surface area contributed by atoms with Crippen molar-refractivity contribution in [3.05, 3.63) is 0 Å². The molecule has 1 rings (SSSR count). The van der Waals surface area contributed by atoms with Gasteiger partial charge in [-0.2, -0.15) is 0 Å². The lowest BCUT2D eigenvalue weighted by atomic mass is 9.88. The van der Waals surface area contributed by atoms with Gasteiger partial charge in [0.1, 0.15) is 12.1 Å². The quantitative estimate of drug-likeness (QED) is 0.813. The Bertz CT molecular complexity index is 391. The minimum Gasteiger partial charge on any atom is -0.382 e. The second-order valence-electron chi connectivity index (χ2n) is 7.33. The molecule has 0 saturated carbocycles. The molecule has 0 radical (unpaired) electrons. The molecular formula is C16H30N2O3. The second kappa shape index (κ2) is 6.77. The van der Waals surface area contributed by atoms with Crippen LogP contribution in [0.25, 0.3) is 0 Å². The number of hydrogen-bond acceptors (Lipinski definition) is 3. The molecule has 2 unspecified atom stereocenters. The number of hydrogen-bond donors (Lipinski definition) is 1. The Balaban J connectivity index is 3.15. The first kappa shape index (κ1) is 18.0. The monoisotopic (exact) mass is 298 g/mol. The van der Waals surface area contributed by atoms with E-state index in [2.05, 4.69) is 19.2 Å². The highest BCUT2D eigenvalue weighted by Gasteiger charge is 2.47. The summed E-state index contributed by atoms with van der Waals surface area (Å²) < 4.78 is 5.26. The lowest BCUT2D eigenvalue weighted by molar-refractivity contribution is -0.161. The van der Waals surface area contributed by atoms with Crippen LogP contribution in [0.4, 0.5) is 0 Å². The van der Waals surface area contributed by atoms with Crippen LogP contribution in [0.1, 0.15) is 48.0 Å². The fraction of sp³-hybridized carbons (Fsp3) is 0.875. The summed E-state index contributed by atoms with van der Waals surface area (Å²) in [6.07, 6.45) is 0.662. The molecule has 5 nitrogen and oxygen atoms in total. The van der Waals surface area contributed by atoms with E-state index in [9.17, 15) is 9.59 Å². The fourth-order valence-electron chi connectivity index (χ4n) is 3.07. The third-order valence-electron chi connectivity index (χ3n) is 3.89. The molecule has 0 aromatic rings. The highest BCUT2D eigenvalue weighted by atomic mass is 16.5. The van der Waals surface area contributed by atoms with Crippen molar-refractivity contribution in [2.24, 2.45) is 11.8 Å². The Labute approximate surface area is 128 Å². The Hall–Kier alpha value is -1.10. The summed E-state index contributed by atoms with van der Waals surface area (Å²) in [6, 6.07) is -0.866. The van der Waals surface area contributed by atoms with Gasteiger partial charge >= 0.3 is 0 Å². The smallest absolute Gasteiger partial charge is 0.246 e. The van der Waals surface area contributed by atoms with Crippen LogP contribution in [0.3, 0.4) is 0 Å². The minimum absolute atomic E-state index is 0.00375. The molecule has 21 heavy (non-hydrogen) atoms. The topological polar surface area (TPSA) is 58.6 Å². The van der Waals surface area contributed by atoms with E-state index in [4.69, 9.17) is 4.74 Å². The standard InChI is InChI=1S/C16H30N2O3/c1-10(2)8-12-15(20)18(16(5,6)9-21-7)13(11(3)4)14(19)17-12/h10-13H,8-9H2,1-7H3,(H,17,19). The van der Waals surface area contributed by atoms with Crippen molar-refractivity contribution in [3.8, 4) is 0 Å². The van der Waals surface area contributed by atoms with Gasteiger partial charge in [0.2, 0.25) is 11.8 Å². The Morgan fingerprint density at radius 2 is 1.81 bits per heavy atom. The maximum atomic E-state index is 12.9. The van der Waals surface area contributed by atoms with Crippen LogP contribution >= 0.6 is 0 Å². The molecule has 122 valence electrons. The number of rotatable bonds is 6. The summed E-state index contributed by atoms with van der Waals surface area (Å²) in [5, 5.41) is 2.90. The van der Waals surface area contributed by atoms with Gasteiger partial charge in [-0.3, -0.25) is 9.59 Å². The zero-order valence-corrected chi connectivity index (χ0v) is 14.4. The number of ether oxygens (including phenoxy) is 1. The van der Waals surface area contributed by atoms with Crippen molar-refractivity contribution >= 4 is 11.8 Å². The predicted octanol–water partition coefficient (Wildman–Crippen LogP) is 1.81. The van der Waals surface area contributed by atoms with Gasteiger partial charge in [-0.1, -0.05) is 27.7 Å². The molecule has 1 fully saturated rings. The largest absolute Gasteiger partial charge is 0.382 e. The SMILES string of the molecule is COCC(C)(C)N1C(=O)C(CC(C)C)NC(=O)C1C(C)C. The fourth-order valence-corrected chi connectivity index (χ4v) is 3.07. The average molecular weight is 298 g/mol. The Kier molecular flexibility index (Phi) is 5.79. The number of carbonyl (C=O) groups excluding carboxylic acids is 2. The predicted molar refractivity (Wildman–Crippen MR) is 82.8 cm³/mol. The first-order chi connectivity index (χ1) is 9.61. The summed E-state index contributed by atoms with van der Waals surface area (Å²) in [6.45, 7) is 12.4. The molecule has 0 aromatic heterocycles. The number of carbonyl (C=O) groups is 2. The number of nitrogens with zero attached hydrogens (tertiary/aromatic N) is 1. The lowest BCUT2D eigenvalue weighted by Gasteiger charge is -2.49. The summed E-state index contributed by atoms with van der Waals surface area (Å²) in [4.78, 5) is 27.1. The Morgan fingerprint density at radius 1 is 1.24 bits per heavy atom. The van der Waals surface area contributed by atoms with E-state index >= 15 is 0 Å². The van der Waals surface area contributed by atoms with Gasteiger partial charge in [0, 0.05) is 7.11 Å². The molecule has 1 aliphatic heterocycles. The van der Waals surface area contributed by atoms with Crippen molar-refractivity contribution in [1.82, 2.24) is 10.2 Å². The molecule has 0 spiro atoms. The average Bonchev–Trinajstić information content (AvgIpc) is 2.31. The molecular weight excluding hydrogens is 268 g/mol. The molecule has 1 N–H and O–H groups in total. The van der Waals surface area contributed by atoms with Crippen molar-refractivity contribution in [3.63, 3.8) is 0 Å². The van der Waals surface area contributed by atoms with E-state index in [-0.39, 0.29) is 17.7 Å². The van der Waals surface area contributed by atoms with Crippen molar-refractivity contribution in [2.45, 2.75) is 65.6 Å². The van der Waals surface area contributed by atoms with E-state index in [1.807, 2.05) is 27.7 Å². The van der Waals surface area contributed by atoms with Gasteiger partial charge in [0.25, 0.3) is 0 Å². The number of piperazine rings is 1. The van der Waals surface area contributed by atoms with Gasteiger partial charge in [0.05, 0.1) is 12.1 Å². The van der Waals surface area contributed by atoms with E-state index in [1.165, 1.54) is 0 Å². The van der Waals surface area contributed by atoms with Crippen LogP contribution in [0.5, 0.6) is 0 Å². The van der Waals surface area contributed by atoms with Crippen LogP contribution in [0.15, 0.2) is 0 Å². The van der Waals surface area contributed by atoms with E-state index in [1.54, 1.807) is 12.0 Å². The third kappa shape index (κ3) is 3.96. The maximum absolute atomic E-state index is 12.9. The van der Waals surface area contributed by atoms with Crippen molar-refractivity contribution in [2.75, 3.05) is 13.7 Å². The van der Waals surface area contributed by atoms with Gasteiger partial charge < -0.3 is 15.0 Å². The minimum atomic E-state index is -0.506. The van der Waals surface area contributed by atoms with E-state index in [0.717, 1.165) is 0 Å². The van der Waals surface area contributed by atoms with E-state index in [0.29, 0.717) is 18.9 Å². The summed E-state index contributed by atoms with van der Waals surface area (Å²) in [5.41, 5.74) is -0.506. The first-order valence-electron chi connectivity index (χ1n) is 7.74. The molecule has 1 saturated heterocycles. The van der Waals surface area contributed by atoms with Crippen LogP contribution < -0.4 is 5.32 Å². The molecule has 1 aliphatic rings. The molecule has 5 heteroatoms. The molecule has 0 aromatic carbocycles. The third-order valence-corrected chi connectivity index (χ3v) is 3.89. The molecule has 0 bridgehead atoms. The van der Waals surface area contributed by atoms with Crippen LogP contribution in [0.2, 0.25) is 0 Å². The number of methoxy groups -OCH3 is 1. The van der Waals surface area contributed by atoms with Gasteiger partial charge in [-0.15, -0.1) is 0 Å². The zero-order chi connectivity index (χ0) is 16.4. The summed E-state index contributed by atoms with van der Waals surface area (Å²) in [7, 11) is 1.62. The lowest BCUT2D eigenvalue weighted by Crippen LogP contribution is -2.70.